The highest BCUT2D eigenvalue weighted by atomic mass is 32.2. The van der Waals surface area contributed by atoms with Crippen LogP contribution in [-0.2, 0) is 4.79 Å². The second-order valence-corrected chi connectivity index (χ2v) is 6.63. The highest BCUT2D eigenvalue weighted by molar-refractivity contribution is 7.99. The molecule has 0 aliphatic carbocycles. The minimum atomic E-state index is 0.147. The first-order valence-corrected chi connectivity index (χ1v) is 8.58. The molecule has 0 spiro atoms. The van der Waals surface area contributed by atoms with Crippen molar-refractivity contribution in [3.63, 3.8) is 0 Å². The van der Waals surface area contributed by atoms with Crippen LogP contribution in [0.15, 0.2) is 35.2 Å². The van der Waals surface area contributed by atoms with Gasteiger partial charge in [0, 0.05) is 23.7 Å². The molecule has 2 rings (SSSR count). The van der Waals surface area contributed by atoms with Crippen molar-refractivity contribution in [2.24, 2.45) is 5.92 Å². The quantitative estimate of drug-likeness (QED) is 0.563. The average Bonchev–Trinajstić information content (AvgIpc) is 2.92. The Balaban J connectivity index is 1.56. The lowest BCUT2D eigenvalue weighted by Gasteiger charge is -2.15. The van der Waals surface area contributed by atoms with E-state index in [9.17, 15) is 4.79 Å². The molecular weight excluding hydrogens is 282 g/mol. The van der Waals surface area contributed by atoms with Gasteiger partial charge in [0.25, 0.3) is 0 Å². The highest BCUT2D eigenvalue weighted by Crippen LogP contribution is 2.16. The van der Waals surface area contributed by atoms with Crippen molar-refractivity contribution in [2.45, 2.75) is 11.3 Å². The first-order chi connectivity index (χ1) is 10.3. The van der Waals surface area contributed by atoms with E-state index in [2.05, 4.69) is 27.7 Å². The molecule has 4 nitrogen and oxygen atoms in total. The van der Waals surface area contributed by atoms with Gasteiger partial charge >= 0.3 is 0 Å². The van der Waals surface area contributed by atoms with Gasteiger partial charge in [-0.15, -0.1) is 11.8 Å². The first kappa shape index (κ1) is 16.3. The Morgan fingerprint density at radius 3 is 2.95 bits per heavy atom. The summed E-state index contributed by atoms with van der Waals surface area (Å²) in [5.74, 6) is 1.75. The van der Waals surface area contributed by atoms with E-state index in [-0.39, 0.29) is 5.91 Å². The van der Waals surface area contributed by atoms with Crippen molar-refractivity contribution >= 4 is 17.7 Å². The topological polar surface area (TPSA) is 44.4 Å². The number of hydrogen-bond donors (Lipinski definition) is 2. The molecule has 1 aromatic carbocycles. The van der Waals surface area contributed by atoms with Gasteiger partial charge in [0.05, 0.1) is 6.54 Å². The Kier molecular flexibility index (Phi) is 7.06. The average molecular weight is 307 g/mol. The number of benzene rings is 1. The lowest BCUT2D eigenvalue weighted by atomic mass is 10.1. The number of hydrogen-bond acceptors (Lipinski definition) is 4. The molecule has 1 heterocycles. The van der Waals surface area contributed by atoms with Gasteiger partial charge in [-0.05, 0) is 44.6 Å². The number of rotatable bonds is 8. The van der Waals surface area contributed by atoms with E-state index in [1.807, 2.05) is 25.2 Å². The van der Waals surface area contributed by atoms with Gasteiger partial charge in [-0.25, -0.2) is 0 Å². The third-order valence-corrected chi connectivity index (χ3v) is 4.68. The van der Waals surface area contributed by atoms with Crippen LogP contribution >= 0.6 is 11.8 Å². The molecule has 1 fully saturated rings. The van der Waals surface area contributed by atoms with Gasteiger partial charge < -0.3 is 10.6 Å². The van der Waals surface area contributed by atoms with Gasteiger partial charge in [-0.2, -0.15) is 0 Å². The zero-order chi connectivity index (χ0) is 14.9. The van der Waals surface area contributed by atoms with Crippen LogP contribution in [0.25, 0.3) is 0 Å². The number of likely N-dealkylation sites (tertiary alicyclic amines) is 1. The highest BCUT2D eigenvalue weighted by Gasteiger charge is 2.23. The molecule has 116 valence electrons. The van der Waals surface area contributed by atoms with E-state index in [0.29, 0.717) is 12.5 Å². The van der Waals surface area contributed by atoms with E-state index < -0.39 is 0 Å². The lowest BCUT2D eigenvalue weighted by molar-refractivity contribution is -0.121. The summed E-state index contributed by atoms with van der Waals surface area (Å²) in [6.07, 6.45) is 1.19. The van der Waals surface area contributed by atoms with Crippen LogP contribution in [0, 0.1) is 5.92 Å². The molecular formula is C16H25N3OS. The Morgan fingerprint density at radius 1 is 1.38 bits per heavy atom. The number of amides is 1. The molecule has 1 amide bonds. The SMILES string of the molecule is CNCC1CCN(CC(=O)NCCSc2ccccc2)C1. The Bertz CT molecular complexity index is 427. The predicted octanol–water partition coefficient (Wildman–Crippen LogP) is 1.44. The fourth-order valence-corrected chi connectivity index (χ4v) is 3.44. The van der Waals surface area contributed by atoms with Crippen LogP contribution in [0.2, 0.25) is 0 Å². The minimum Gasteiger partial charge on any atom is -0.354 e. The fourth-order valence-electron chi connectivity index (χ4n) is 2.65. The number of nitrogens with zero attached hydrogens (tertiary/aromatic N) is 1. The van der Waals surface area contributed by atoms with E-state index in [4.69, 9.17) is 0 Å². The largest absolute Gasteiger partial charge is 0.354 e. The van der Waals surface area contributed by atoms with Crippen molar-refractivity contribution < 1.29 is 4.79 Å². The van der Waals surface area contributed by atoms with Crippen molar-refractivity contribution in [3.05, 3.63) is 30.3 Å². The maximum Gasteiger partial charge on any atom is 0.234 e. The fraction of sp³-hybridized carbons (Fsp3) is 0.562. The molecule has 1 saturated heterocycles. The molecule has 0 aromatic heterocycles. The number of carbonyl (C=O) groups is 1. The third kappa shape index (κ3) is 6.08. The van der Waals surface area contributed by atoms with E-state index >= 15 is 0 Å². The molecule has 1 atom stereocenters. The summed E-state index contributed by atoms with van der Waals surface area (Å²) in [4.78, 5) is 15.4. The zero-order valence-corrected chi connectivity index (χ0v) is 13.5. The summed E-state index contributed by atoms with van der Waals surface area (Å²) in [7, 11) is 1.99. The number of nitrogens with one attached hydrogen (secondary N) is 2. The standard InChI is InChI=1S/C16H25N3OS/c1-17-11-14-7-9-19(12-14)13-16(20)18-8-10-21-15-5-3-2-4-6-15/h2-6,14,17H,7-13H2,1H3,(H,18,20). The predicted molar refractivity (Wildman–Crippen MR) is 88.6 cm³/mol. The second kappa shape index (κ2) is 9.07. The Labute approximate surface area is 131 Å². The van der Waals surface area contributed by atoms with Crippen LogP contribution in [0.1, 0.15) is 6.42 Å². The molecule has 2 N–H and O–H groups in total. The van der Waals surface area contributed by atoms with E-state index in [0.717, 1.165) is 31.9 Å². The molecule has 1 unspecified atom stereocenters. The Hall–Kier alpha value is -1.04. The zero-order valence-electron chi connectivity index (χ0n) is 12.7. The number of thioether (sulfide) groups is 1. The van der Waals surface area contributed by atoms with Gasteiger partial charge in [-0.1, -0.05) is 18.2 Å². The van der Waals surface area contributed by atoms with Crippen LogP contribution in [0.4, 0.5) is 0 Å². The first-order valence-electron chi connectivity index (χ1n) is 7.59. The van der Waals surface area contributed by atoms with Gasteiger partial charge in [0.15, 0.2) is 0 Å². The molecule has 5 heteroatoms. The van der Waals surface area contributed by atoms with Gasteiger partial charge in [-0.3, -0.25) is 9.69 Å². The maximum atomic E-state index is 11.9. The maximum absolute atomic E-state index is 11.9. The van der Waals surface area contributed by atoms with E-state index in [1.54, 1.807) is 11.8 Å². The minimum absolute atomic E-state index is 0.147. The van der Waals surface area contributed by atoms with Crippen molar-refractivity contribution in [2.75, 3.05) is 45.5 Å². The summed E-state index contributed by atoms with van der Waals surface area (Å²) in [6.45, 7) is 4.39. The molecule has 1 aromatic rings. The van der Waals surface area contributed by atoms with Gasteiger partial charge in [0.1, 0.15) is 0 Å². The molecule has 0 bridgehead atoms. The van der Waals surface area contributed by atoms with Crippen LogP contribution in [0.3, 0.4) is 0 Å². The smallest absolute Gasteiger partial charge is 0.234 e. The van der Waals surface area contributed by atoms with Crippen molar-refractivity contribution in [1.29, 1.82) is 0 Å². The monoisotopic (exact) mass is 307 g/mol. The normalized spacial score (nSPS) is 18.8. The molecule has 21 heavy (non-hydrogen) atoms. The van der Waals surface area contributed by atoms with Crippen molar-refractivity contribution in [3.8, 4) is 0 Å². The number of carbonyl (C=O) groups excluding carboxylic acids is 1. The molecule has 0 radical (unpaired) electrons. The summed E-state index contributed by atoms with van der Waals surface area (Å²) >= 11 is 1.78. The second-order valence-electron chi connectivity index (χ2n) is 5.46. The van der Waals surface area contributed by atoms with Gasteiger partial charge in [0.2, 0.25) is 5.91 Å². The molecule has 0 saturated carbocycles. The summed E-state index contributed by atoms with van der Waals surface area (Å²) in [5, 5.41) is 6.22. The van der Waals surface area contributed by atoms with E-state index in [1.165, 1.54) is 11.3 Å². The third-order valence-electron chi connectivity index (χ3n) is 3.67. The lowest BCUT2D eigenvalue weighted by Crippen LogP contribution is -2.37. The summed E-state index contributed by atoms with van der Waals surface area (Å²) < 4.78 is 0. The van der Waals surface area contributed by atoms with Crippen molar-refractivity contribution in [1.82, 2.24) is 15.5 Å². The molecule has 1 aliphatic rings. The van der Waals surface area contributed by atoms with Crippen LogP contribution < -0.4 is 10.6 Å². The Morgan fingerprint density at radius 2 is 2.19 bits per heavy atom. The van der Waals surface area contributed by atoms with Crippen LogP contribution in [-0.4, -0.2) is 56.3 Å². The molecule has 1 aliphatic heterocycles. The van der Waals surface area contributed by atoms with Crippen LogP contribution in [0.5, 0.6) is 0 Å². The summed E-state index contributed by atoms with van der Waals surface area (Å²) in [6, 6.07) is 10.3. The summed E-state index contributed by atoms with van der Waals surface area (Å²) in [5.41, 5.74) is 0.